The summed E-state index contributed by atoms with van der Waals surface area (Å²) in [5.41, 5.74) is 6.37. The summed E-state index contributed by atoms with van der Waals surface area (Å²) < 4.78 is 25.1. The minimum Gasteiger partial charge on any atom is -0.496 e. The van der Waals surface area contributed by atoms with Crippen molar-refractivity contribution in [3.05, 3.63) is 28.8 Å². The van der Waals surface area contributed by atoms with Gasteiger partial charge in [0.1, 0.15) is 12.4 Å². The van der Waals surface area contributed by atoms with Gasteiger partial charge in [-0.05, 0) is 37.5 Å². The van der Waals surface area contributed by atoms with Crippen LogP contribution in [0.25, 0.3) is 0 Å². The first-order valence-electron chi connectivity index (χ1n) is 8.37. The number of alkyl halides is 1. The first kappa shape index (κ1) is 18.2. The monoisotopic (exact) mass is 363 g/mol. The first-order valence-corrected chi connectivity index (χ1v) is 8.37. The molecule has 1 saturated carbocycles. The van der Waals surface area contributed by atoms with Crippen LogP contribution < -0.4 is 15.8 Å². The van der Waals surface area contributed by atoms with E-state index in [2.05, 4.69) is 10.3 Å². The van der Waals surface area contributed by atoms with Crippen LogP contribution in [0, 0.1) is 12.3 Å². The lowest BCUT2D eigenvalue weighted by Gasteiger charge is -2.20. The summed E-state index contributed by atoms with van der Waals surface area (Å²) in [5.74, 6) is -0.524. The van der Waals surface area contributed by atoms with E-state index < -0.39 is 23.4 Å². The SMILES string of the molecule is C/N=C(/OC[C@@H]1NC(=O)[C@H](F)C12CC2)c1cc(OC)c(C(N)=O)cc1C. The van der Waals surface area contributed by atoms with Gasteiger partial charge in [-0.25, -0.2) is 4.39 Å². The third-order valence-electron chi connectivity index (χ3n) is 5.20. The molecule has 1 aromatic carbocycles. The predicted molar refractivity (Wildman–Crippen MR) is 93.2 cm³/mol. The molecule has 1 aliphatic heterocycles. The molecule has 1 spiro atoms. The number of benzene rings is 1. The molecule has 2 aliphatic rings. The second kappa shape index (κ2) is 6.59. The Labute approximate surface area is 150 Å². The second-order valence-corrected chi connectivity index (χ2v) is 6.73. The highest BCUT2D eigenvalue weighted by molar-refractivity contribution is 6.00. The number of hydrogen-bond donors (Lipinski definition) is 2. The second-order valence-electron chi connectivity index (χ2n) is 6.73. The number of hydrogen-bond acceptors (Lipinski definition) is 5. The summed E-state index contributed by atoms with van der Waals surface area (Å²) in [4.78, 5) is 27.3. The Morgan fingerprint density at radius 2 is 2.12 bits per heavy atom. The normalized spacial score (nSPS) is 23.7. The van der Waals surface area contributed by atoms with Crippen LogP contribution >= 0.6 is 0 Å². The fraction of sp³-hybridized carbons (Fsp3) is 0.500. The molecule has 7 nitrogen and oxygen atoms in total. The van der Waals surface area contributed by atoms with Crippen LogP contribution in [-0.4, -0.2) is 50.7 Å². The number of carbonyl (C=O) groups excluding carboxylic acids is 2. The van der Waals surface area contributed by atoms with E-state index in [1.807, 2.05) is 0 Å². The number of methoxy groups -OCH3 is 1. The Balaban J connectivity index is 1.80. The molecule has 1 saturated heterocycles. The largest absolute Gasteiger partial charge is 0.496 e. The van der Waals surface area contributed by atoms with Gasteiger partial charge in [0, 0.05) is 18.0 Å². The number of halogens is 1. The molecule has 3 N–H and O–H groups in total. The van der Waals surface area contributed by atoms with Crippen molar-refractivity contribution in [3.8, 4) is 5.75 Å². The summed E-state index contributed by atoms with van der Waals surface area (Å²) in [6, 6.07) is 2.87. The van der Waals surface area contributed by atoms with Gasteiger partial charge >= 0.3 is 0 Å². The van der Waals surface area contributed by atoms with Crippen LogP contribution in [0.1, 0.15) is 34.3 Å². The van der Waals surface area contributed by atoms with E-state index >= 15 is 0 Å². The molecule has 8 heteroatoms. The van der Waals surface area contributed by atoms with Crippen LogP contribution in [0.15, 0.2) is 17.1 Å². The number of nitrogens with zero attached hydrogens (tertiary/aromatic N) is 1. The Morgan fingerprint density at radius 1 is 1.42 bits per heavy atom. The standard InChI is InChI=1S/C18H22FN3O4/c1-9-6-11(15(20)23)12(25-3)7-10(9)17(21-2)26-8-13-18(4-5-18)14(19)16(24)22-13/h6-7,13-14H,4-5,8H2,1-3H3,(H2,20,23)(H,22,24)/b21-17+/t13-,14-/m0/s1. The van der Waals surface area contributed by atoms with Crippen LogP contribution in [0.5, 0.6) is 5.75 Å². The smallest absolute Gasteiger partial charge is 0.255 e. The van der Waals surface area contributed by atoms with Crippen molar-refractivity contribution in [2.75, 3.05) is 20.8 Å². The lowest BCUT2D eigenvalue weighted by molar-refractivity contribution is -0.124. The maximum Gasteiger partial charge on any atom is 0.255 e. The van der Waals surface area contributed by atoms with Crippen LogP contribution in [0.3, 0.4) is 0 Å². The van der Waals surface area contributed by atoms with Gasteiger partial charge in [0.25, 0.3) is 11.8 Å². The van der Waals surface area contributed by atoms with Gasteiger partial charge in [0.05, 0.1) is 18.7 Å². The van der Waals surface area contributed by atoms with E-state index in [1.165, 1.54) is 7.11 Å². The average Bonchev–Trinajstić information content (AvgIpc) is 3.38. The van der Waals surface area contributed by atoms with Crippen LogP contribution in [0.2, 0.25) is 0 Å². The summed E-state index contributed by atoms with van der Waals surface area (Å²) in [6.45, 7) is 1.92. The van der Waals surface area contributed by atoms with E-state index in [0.717, 1.165) is 5.56 Å². The number of rotatable bonds is 5. The summed E-state index contributed by atoms with van der Waals surface area (Å²) in [5, 5.41) is 2.67. The molecule has 0 unspecified atom stereocenters. The molecular formula is C18H22FN3O4. The zero-order valence-electron chi connectivity index (χ0n) is 15.0. The number of aryl methyl sites for hydroxylation is 1. The maximum absolute atomic E-state index is 14.1. The van der Waals surface area contributed by atoms with Crippen molar-refractivity contribution in [1.29, 1.82) is 0 Å². The van der Waals surface area contributed by atoms with Crippen molar-refractivity contribution >= 4 is 17.7 Å². The summed E-state index contributed by atoms with van der Waals surface area (Å²) >= 11 is 0. The van der Waals surface area contributed by atoms with Gasteiger partial charge in [-0.3, -0.25) is 14.6 Å². The number of nitrogens with two attached hydrogens (primary N) is 1. The number of nitrogens with one attached hydrogen (secondary N) is 1. The molecule has 0 bridgehead atoms. The average molecular weight is 363 g/mol. The number of carbonyl (C=O) groups is 2. The zero-order valence-corrected chi connectivity index (χ0v) is 15.0. The molecule has 1 heterocycles. The van der Waals surface area contributed by atoms with Gasteiger partial charge in [-0.1, -0.05) is 0 Å². The topological polar surface area (TPSA) is 103 Å². The Bertz CT molecular complexity index is 789. The Morgan fingerprint density at radius 3 is 2.65 bits per heavy atom. The van der Waals surface area contributed by atoms with Gasteiger partial charge in [-0.15, -0.1) is 0 Å². The van der Waals surface area contributed by atoms with Gasteiger partial charge in [-0.2, -0.15) is 0 Å². The lowest BCUT2D eigenvalue weighted by atomic mass is 9.96. The molecule has 140 valence electrons. The highest BCUT2D eigenvalue weighted by atomic mass is 19.1. The van der Waals surface area contributed by atoms with E-state index in [1.54, 1.807) is 26.1 Å². The molecule has 1 aliphatic carbocycles. The Hall–Kier alpha value is -2.64. The van der Waals surface area contributed by atoms with Crippen molar-refractivity contribution in [3.63, 3.8) is 0 Å². The molecule has 0 aromatic heterocycles. The molecule has 2 fully saturated rings. The predicted octanol–water partition coefficient (Wildman–Crippen LogP) is 1.11. The third-order valence-corrected chi connectivity index (χ3v) is 5.20. The van der Waals surface area contributed by atoms with Crippen LogP contribution in [-0.2, 0) is 9.53 Å². The highest BCUT2D eigenvalue weighted by Gasteiger charge is 2.63. The molecule has 26 heavy (non-hydrogen) atoms. The van der Waals surface area contributed by atoms with E-state index in [-0.39, 0.29) is 18.2 Å². The van der Waals surface area contributed by atoms with Crippen molar-refractivity contribution in [2.45, 2.75) is 32.0 Å². The van der Waals surface area contributed by atoms with Crippen molar-refractivity contribution in [2.24, 2.45) is 16.1 Å². The molecule has 2 amide bonds. The number of aliphatic imine (C=N–C) groups is 1. The molecule has 0 radical (unpaired) electrons. The fourth-order valence-electron chi connectivity index (χ4n) is 3.49. The number of amides is 2. The summed E-state index contributed by atoms with van der Waals surface area (Å²) in [6.07, 6.45) is -0.144. The van der Waals surface area contributed by atoms with Crippen molar-refractivity contribution < 1.29 is 23.5 Å². The lowest BCUT2D eigenvalue weighted by Crippen LogP contribution is -2.35. The number of primary amides is 1. The molecular weight excluding hydrogens is 341 g/mol. The third kappa shape index (κ3) is 2.89. The van der Waals surface area contributed by atoms with Gasteiger partial charge in [0.15, 0.2) is 6.17 Å². The summed E-state index contributed by atoms with van der Waals surface area (Å²) in [7, 11) is 3.01. The van der Waals surface area contributed by atoms with Gasteiger partial charge in [0.2, 0.25) is 5.90 Å². The zero-order chi connectivity index (χ0) is 19.1. The maximum atomic E-state index is 14.1. The minimum absolute atomic E-state index is 0.123. The molecule has 1 aromatic rings. The quantitative estimate of drug-likeness (QED) is 0.604. The van der Waals surface area contributed by atoms with E-state index in [9.17, 15) is 14.0 Å². The van der Waals surface area contributed by atoms with Crippen molar-refractivity contribution in [1.82, 2.24) is 5.32 Å². The van der Waals surface area contributed by atoms with Crippen LogP contribution in [0.4, 0.5) is 4.39 Å². The highest BCUT2D eigenvalue weighted by Crippen LogP contribution is 2.55. The Kier molecular flexibility index (Phi) is 4.60. The van der Waals surface area contributed by atoms with E-state index in [0.29, 0.717) is 30.1 Å². The number of ether oxygens (including phenoxy) is 2. The minimum atomic E-state index is -1.48. The van der Waals surface area contributed by atoms with Gasteiger partial charge < -0.3 is 20.5 Å². The molecule has 2 atom stereocenters. The molecule has 3 rings (SSSR count). The fourth-order valence-corrected chi connectivity index (χ4v) is 3.49. The van der Waals surface area contributed by atoms with E-state index in [4.69, 9.17) is 15.2 Å². The first-order chi connectivity index (χ1) is 12.3.